The van der Waals surface area contributed by atoms with Gasteiger partial charge in [0.15, 0.2) is 15.0 Å². The number of rotatable bonds is 5. The average Bonchev–Trinajstić information content (AvgIpc) is 2.87. The van der Waals surface area contributed by atoms with Gasteiger partial charge in [0.05, 0.1) is 9.82 Å². The van der Waals surface area contributed by atoms with E-state index in [1.165, 1.54) is 12.1 Å². The predicted octanol–water partition coefficient (Wildman–Crippen LogP) is 1.46. The van der Waals surface area contributed by atoms with E-state index in [2.05, 4.69) is 10.3 Å². The fraction of sp³-hybridized carbons (Fsp3) is 0.0909. The first-order valence-corrected chi connectivity index (χ1v) is 8.03. The molecule has 10 heteroatoms. The Kier molecular flexibility index (Phi) is 4.29. The highest BCUT2D eigenvalue weighted by molar-refractivity contribution is 7.92. The summed E-state index contributed by atoms with van der Waals surface area (Å²) in [6.07, 6.45) is 0.992. The summed E-state index contributed by atoms with van der Waals surface area (Å²) in [5, 5.41) is 12.5. The second kappa shape index (κ2) is 5.97. The fourth-order valence-electron chi connectivity index (χ4n) is 1.45. The lowest BCUT2D eigenvalue weighted by Gasteiger charge is -2.03. The van der Waals surface area contributed by atoms with Gasteiger partial charge in [-0.25, -0.2) is 13.4 Å². The number of carbonyl (C=O) groups excluding carboxylic acids is 1. The van der Waals surface area contributed by atoms with Gasteiger partial charge < -0.3 is 5.32 Å². The lowest BCUT2D eigenvalue weighted by atomic mass is 10.4. The van der Waals surface area contributed by atoms with E-state index in [4.69, 9.17) is 0 Å². The van der Waals surface area contributed by atoms with Crippen molar-refractivity contribution in [3.8, 4) is 0 Å². The molecule has 1 aromatic carbocycles. The SMILES string of the molecule is O=C(CS(=O)(=O)c1ccccc1)Nc1ncc([N+](=O)[O-])s1. The first-order chi connectivity index (χ1) is 9.88. The molecule has 1 aromatic heterocycles. The van der Waals surface area contributed by atoms with Gasteiger partial charge in [-0.1, -0.05) is 18.2 Å². The minimum Gasteiger partial charge on any atom is -0.301 e. The largest absolute Gasteiger partial charge is 0.345 e. The molecule has 0 aliphatic carbocycles. The number of hydrogen-bond donors (Lipinski definition) is 1. The number of carbonyl (C=O) groups is 1. The Morgan fingerprint density at radius 2 is 2.00 bits per heavy atom. The quantitative estimate of drug-likeness (QED) is 0.656. The van der Waals surface area contributed by atoms with Crippen molar-refractivity contribution in [3.05, 3.63) is 46.6 Å². The molecule has 0 saturated heterocycles. The van der Waals surface area contributed by atoms with Gasteiger partial charge in [-0.15, -0.1) is 0 Å². The maximum atomic E-state index is 12.0. The molecule has 0 atom stereocenters. The average molecular weight is 327 g/mol. The molecule has 1 N–H and O–H groups in total. The van der Waals surface area contributed by atoms with Crippen LogP contribution in [0.2, 0.25) is 0 Å². The van der Waals surface area contributed by atoms with Gasteiger partial charge in [-0.3, -0.25) is 14.9 Å². The van der Waals surface area contributed by atoms with Crippen LogP contribution in [0.1, 0.15) is 0 Å². The Morgan fingerprint density at radius 3 is 2.57 bits per heavy atom. The number of nitrogens with one attached hydrogen (secondary N) is 1. The van der Waals surface area contributed by atoms with Crippen LogP contribution in [0.4, 0.5) is 10.1 Å². The van der Waals surface area contributed by atoms with Crippen molar-refractivity contribution in [3.63, 3.8) is 0 Å². The van der Waals surface area contributed by atoms with Crippen LogP contribution in [0.5, 0.6) is 0 Å². The summed E-state index contributed by atoms with van der Waals surface area (Å²) < 4.78 is 23.9. The third-order valence-corrected chi connectivity index (χ3v) is 4.84. The van der Waals surface area contributed by atoms with Gasteiger partial charge in [0, 0.05) is 0 Å². The molecule has 0 fully saturated rings. The Morgan fingerprint density at radius 1 is 1.33 bits per heavy atom. The molecule has 0 saturated carbocycles. The monoisotopic (exact) mass is 327 g/mol. The van der Waals surface area contributed by atoms with Crippen molar-refractivity contribution in [2.45, 2.75) is 4.90 Å². The summed E-state index contributed by atoms with van der Waals surface area (Å²) in [5.41, 5.74) is 0. The Labute approximate surface area is 123 Å². The highest BCUT2D eigenvalue weighted by Gasteiger charge is 2.20. The lowest BCUT2D eigenvalue weighted by Crippen LogP contribution is -2.22. The topological polar surface area (TPSA) is 119 Å². The van der Waals surface area contributed by atoms with Crippen LogP contribution in [0.3, 0.4) is 0 Å². The number of nitro groups is 1. The maximum absolute atomic E-state index is 12.0. The van der Waals surface area contributed by atoms with Crippen LogP contribution in [0, 0.1) is 10.1 Å². The molecule has 0 bridgehead atoms. The molecule has 2 aromatic rings. The first-order valence-electron chi connectivity index (χ1n) is 5.56. The van der Waals surface area contributed by atoms with Crippen molar-refractivity contribution in [2.75, 3.05) is 11.1 Å². The first kappa shape index (κ1) is 15.1. The van der Waals surface area contributed by atoms with Crippen molar-refractivity contribution < 1.29 is 18.1 Å². The molecule has 1 amide bonds. The highest BCUT2D eigenvalue weighted by atomic mass is 32.2. The van der Waals surface area contributed by atoms with Gasteiger partial charge in [0.25, 0.3) is 0 Å². The zero-order valence-electron chi connectivity index (χ0n) is 10.4. The van der Waals surface area contributed by atoms with E-state index in [1.54, 1.807) is 18.2 Å². The Balaban J connectivity index is 2.06. The molecule has 1 heterocycles. The van der Waals surface area contributed by atoms with E-state index in [1.807, 2.05) is 0 Å². The van der Waals surface area contributed by atoms with Crippen molar-refractivity contribution in [1.29, 1.82) is 0 Å². The number of hydrogen-bond acceptors (Lipinski definition) is 7. The number of anilines is 1. The van der Waals surface area contributed by atoms with Crippen molar-refractivity contribution in [2.24, 2.45) is 0 Å². The molecular formula is C11H9N3O5S2. The van der Waals surface area contributed by atoms with E-state index in [9.17, 15) is 23.3 Å². The van der Waals surface area contributed by atoms with Crippen molar-refractivity contribution >= 4 is 37.2 Å². The van der Waals surface area contributed by atoms with Gasteiger partial charge >= 0.3 is 5.00 Å². The number of amides is 1. The van der Waals surface area contributed by atoms with E-state index >= 15 is 0 Å². The van der Waals surface area contributed by atoms with Gasteiger partial charge in [0.1, 0.15) is 11.9 Å². The lowest BCUT2D eigenvalue weighted by molar-refractivity contribution is -0.380. The molecule has 21 heavy (non-hydrogen) atoms. The molecule has 0 spiro atoms. The molecule has 110 valence electrons. The second-order valence-electron chi connectivity index (χ2n) is 3.88. The fourth-order valence-corrected chi connectivity index (χ4v) is 3.25. The standard InChI is InChI=1S/C11H9N3O5S2/c15-9(13-11-12-6-10(20-11)14(16)17)7-21(18,19)8-4-2-1-3-5-8/h1-6H,7H2,(H,12,13,15). The van der Waals surface area contributed by atoms with Crippen LogP contribution < -0.4 is 5.32 Å². The van der Waals surface area contributed by atoms with Crippen LogP contribution in [-0.2, 0) is 14.6 Å². The van der Waals surface area contributed by atoms with Crippen molar-refractivity contribution in [1.82, 2.24) is 4.98 Å². The smallest absolute Gasteiger partial charge is 0.301 e. The summed E-state index contributed by atoms with van der Waals surface area (Å²) in [6.45, 7) is 0. The minimum absolute atomic E-state index is 0.0186. The third kappa shape index (κ3) is 3.83. The van der Waals surface area contributed by atoms with E-state index in [-0.39, 0.29) is 15.0 Å². The predicted molar refractivity (Wildman–Crippen MR) is 75.9 cm³/mol. The minimum atomic E-state index is -3.76. The summed E-state index contributed by atoms with van der Waals surface area (Å²) >= 11 is 0.654. The summed E-state index contributed by atoms with van der Waals surface area (Å²) in [7, 11) is -3.76. The van der Waals surface area contributed by atoms with Gasteiger partial charge in [-0.05, 0) is 23.5 Å². The van der Waals surface area contributed by atoms with Gasteiger partial charge in [-0.2, -0.15) is 0 Å². The molecule has 0 unspecified atom stereocenters. The van der Waals surface area contributed by atoms with E-state index in [0.29, 0.717) is 11.3 Å². The molecule has 2 rings (SSSR count). The number of sulfone groups is 1. The molecular weight excluding hydrogens is 318 g/mol. The van der Waals surface area contributed by atoms with Gasteiger partial charge in [0.2, 0.25) is 5.91 Å². The summed E-state index contributed by atoms with van der Waals surface area (Å²) in [6, 6.07) is 7.53. The number of thiazole rings is 1. The molecule has 0 radical (unpaired) electrons. The molecule has 0 aliphatic rings. The number of benzene rings is 1. The zero-order chi connectivity index (χ0) is 15.5. The summed E-state index contributed by atoms with van der Waals surface area (Å²) in [5.74, 6) is -1.56. The zero-order valence-corrected chi connectivity index (χ0v) is 12.1. The van der Waals surface area contributed by atoms with Crippen LogP contribution in [0.15, 0.2) is 41.4 Å². The maximum Gasteiger partial charge on any atom is 0.345 e. The third-order valence-electron chi connectivity index (χ3n) is 2.34. The highest BCUT2D eigenvalue weighted by Crippen LogP contribution is 2.25. The van der Waals surface area contributed by atoms with Crippen LogP contribution in [0.25, 0.3) is 0 Å². The van der Waals surface area contributed by atoms with Crippen LogP contribution >= 0.6 is 11.3 Å². The van der Waals surface area contributed by atoms with E-state index in [0.717, 1.165) is 6.20 Å². The van der Waals surface area contributed by atoms with E-state index < -0.39 is 26.4 Å². The number of nitrogens with zero attached hydrogens (tertiary/aromatic N) is 2. The Bertz CT molecular complexity index is 770. The molecule has 0 aliphatic heterocycles. The normalized spacial score (nSPS) is 11.0. The van der Waals surface area contributed by atoms with Crippen LogP contribution in [-0.4, -0.2) is 30.0 Å². The Hall–Kier alpha value is -2.33. The summed E-state index contributed by atoms with van der Waals surface area (Å²) in [4.78, 5) is 25.2. The second-order valence-corrected chi connectivity index (χ2v) is 6.88. The number of aromatic nitrogens is 1. The molecule has 8 nitrogen and oxygen atoms in total.